The summed E-state index contributed by atoms with van der Waals surface area (Å²) in [7, 11) is 0. The smallest absolute Gasteiger partial charge is 0.407 e. The molecule has 0 spiro atoms. The third-order valence-corrected chi connectivity index (χ3v) is 6.57. The van der Waals surface area contributed by atoms with Crippen molar-refractivity contribution in [1.82, 2.24) is 20.4 Å². The first-order valence-electron chi connectivity index (χ1n) is 14.2. The van der Waals surface area contributed by atoms with Gasteiger partial charge < -0.3 is 29.9 Å². The maximum atomic E-state index is 13.5. The summed E-state index contributed by atoms with van der Waals surface area (Å²) in [6, 6.07) is 14.0. The minimum absolute atomic E-state index is 0.0481. The Hall–Kier alpha value is -3.33. The number of nitrogens with zero attached hydrogens (tertiary/aromatic N) is 2. The Bertz CT molecular complexity index is 1060. The number of piperidine rings is 1. The van der Waals surface area contributed by atoms with Crippen molar-refractivity contribution in [3.05, 3.63) is 65.5 Å². The lowest BCUT2D eigenvalue weighted by Crippen LogP contribution is -2.51. The highest BCUT2D eigenvalue weighted by Crippen LogP contribution is 2.20. The highest BCUT2D eigenvalue weighted by Gasteiger charge is 2.28. The fourth-order valence-corrected chi connectivity index (χ4v) is 4.48. The van der Waals surface area contributed by atoms with E-state index in [1.807, 2.05) is 49.9 Å². The molecule has 8 nitrogen and oxygen atoms in total. The monoisotopic (exact) mass is 556 g/mol. The van der Waals surface area contributed by atoms with Crippen LogP contribution in [0.1, 0.15) is 58.6 Å². The second-order valence-corrected chi connectivity index (χ2v) is 11.8. The lowest BCUT2D eigenvalue weighted by Gasteiger charge is -2.38. The molecule has 2 aromatic carbocycles. The molecule has 1 saturated heterocycles. The first-order valence-corrected chi connectivity index (χ1v) is 14.2. The number of alkyl carbamates (subject to hydrolysis) is 1. The van der Waals surface area contributed by atoms with Gasteiger partial charge in [0.2, 0.25) is 0 Å². The van der Waals surface area contributed by atoms with E-state index in [9.17, 15) is 14.0 Å². The summed E-state index contributed by atoms with van der Waals surface area (Å²) < 4.78 is 24.5. The van der Waals surface area contributed by atoms with Crippen LogP contribution in [0.5, 0.6) is 5.75 Å². The second-order valence-electron chi connectivity index (χ2n) is 11.8. The molecule has 1 aliphatic heterocycles. The number of nitrogens with one attached hydrogen (secondary N) is 2. The van der Waals surface area contributed by atoms with Crippen LogP contribution >= 0.6 is 0 Å². The van der Waals surface area contributed by atoms with Crippen LogP contribution in [0.15, 0.2) is 48.5 Å². The molecule has 2 aromatic rings. The van der Waals surface area contributed by atoms with E-state index < -0.39 is 11.7 Å². The largest absolute Gasteiger partial charge is 0.493 e. The minimum Gasteiger partial charge on any atom is -0.493 e. The number of hydrogen-bond acceptors (Lipinski definition) is 5. The molecule has 3 amide bonds. The van der Waals surface area contributed by atoms with Gasteiger partial charge in [-0.15, -0.1) is 0 Å². The summed E-state index contributed by atoms with van der Waals surface area (Å²) in [6.07, 6.45) is 1.20. The van der Waals surface area contributed by atoms with Gasteiger partial charge in [0.25, 0.3) is 0 Å². The molecule has 9 heteroatoms. The minimum atomic E-state index is -0.525. The quantitative estimate of drug-likeness (QED) is 0.379. The molecule has 0 aromatic heterocycles. The Morgan fingerprint density at radius 2 is 1.62 bits per heavy atom. The molecule has 0 unspecified atom stereocenters. The number of carbonyl (C=O) groups excluding carboxylic acids is 2. The molecule has 3 rings (SSSR count). The van der Waals surface area contributed by atoms with Gasteiger partial charge in [-0.2, -0.15) is 0 Å². The van der Waals surface area contributed by atoms with Crippen molar-refractivity contribution in [3.63, 3.8) is 0 Å². The molecule has 1 heterocycles. The number of likely N-dealkylation sites (tertiary alicyclic amines) is 1. The summed E-state index contributed by atoms with van der Waals surface area (Å²) >= 11 is 0. The number of hydrogen-bond donors (Lipinski definition) is 2. The van der Waals surface area contributed by atoms with Gasteiger partial charge in [-0.05, 0) is 74.9 Å². The highest BCUT2D eigenvalue weighted by atomic mass is 19.1. The zero-order chi connectivity index (χ0) is 29.1. The highest BCUT2D eigenvalue weighted by molar-refractivity contribution is 5.74. The Balaban J connectivity index is 1.54. The van der Waals surface area contributed by atoms with Gasteiger partial charge in [0.15, 0.2) is 0 Å². The fraction of sp³-hybridized carbons (Fsp3) is 0.548. The number of benzene rings is 2. The molecule has 220 valence electrons. The van der Waals surface area contributed by atoms with Gasteiger partial charge in [-0.25, -0.2) is 14.0 Å². The number of rotatable bonds is 11. The van der Waals surface area contributed by atoms with Crippen molar-refractivity contribution in [2.24, 2.45) is 5.92 Å². The lowest BCUT2D eigenvalue weighted by molar-refractivity contribution is 0.0516. The first-order chi connectivity index (χ1) is 19.0. The van der Waals surface area contributed by atoms with Crippen molar-refractivity contribution in [2.75, 3.05) is 32.8 Å². The molecule has 1 aliphatic rings. The summed E-state index contributed by atoms with van der Waals surface area (Å²) in [4.78, 5) is 29.5. The van der Waals surface area contributed by atoms with Gasteiger partial charge in [0.05, 0.1) is 6.61 Å². The molecule has 2 N–H and O–H groups in total. The Labute approximate surface area is 238 Å². The maximum absolute atomic E-state index is 13.5. The number of carbonyl (C=O) groups is 2. The Kier molecular flexibility index (Phi) is 11.6. The van der Waals surface area contributed by atoms with E-state index in [2.05, 4.69) is 29.4 Å². The number of amides is 3. The Morgan fingerprint density at radius 3 is 2.23 bits per heavy atom. The van der Waals surface area contributed by atoms with Crippen LogP contribution in [0.3, 0.4) is 0 Å². The van der Waals surface area contributed by atoms with Gasteiger partial charge >= 0.3 is 12.1 Å². The van der Waals surface area contributed by atoms with E-state index in [0.29, 0.717) is 38.7 Å². The fourth-order valence-electron chi connectivity index (χ4n) is 4.48. The molecule has 0 saturated carbocycles. The molecule has 0 atom stereocenters. The topological polar surface area (TPSA) is 83.1 Å². The van der Waals surface area contributed by atoms with Gasteiger partial charge in [-0.1, -0.05) is 38.1 Å². The molecule has 1 fully saturated rings. The predicted octanol–water partition coefficient (Wildman–Crippen LogP) is 5.56. The van der Waals surface area contributed by atoms with Crippen molar-refractivity contribution in [3.8, 4) is 5.75 Å². The summed E-state index contributed by atoms with van der Waals surface area (Å²) in [6.45, 7) is 14.0. The third kappa shape index (κ3) is 11.0. The van der Waals surface area contributed by atoms with Crippen molar-refractivity contribution in [1.29, 1.82) is 0 Å². The molecular weight excluding hydrogens is 511 g/mol. The van der Waals surface area contributed by atoms with Crippen LogP contribution < -0.4 is 15.4 Å². The molecule has 0 bridgehead atoms. The van der Waals surface area contributed by atoms with Crippen LogP contribution in [0.4, 0.5) is 14.0 Å². The zero-order valence-electron chi connectivity index (χ0n) is 24.5. The first kappa shape index (κ1) is 31.2. The summed E-state index contributed by atoms with van der Waals surface area (Å²) in [5.74, 6) is 0.968. The van der Waals surface area contributed by atoms with Crippen LogP contribution in [0, 0.1) is 11.7 Å². The SMILES string of the molecule is CC(C)COc1ccc(CNC(=O)N(Cc2ccc(F)cc2)C2CCN(CCNC(=O)OC(C)(C)C)CC2)cc1. The van der Waals surface area contributed by atoms with Crippen LogP contribution in [0.25, 0.3) is 0 Å². The number of halogens is 1. The predicted molar refractivity (Wildman–Crippen MR) is 155 cm³/mol. The summed E-state index contributed by atoms with van der Waals surface area (Å²) in [5.41, 5.74) is 1.34. The summed E-state index contributed by atoms with van der Waals surface area (Å²) in [5, 5.41) is 5.88. The standard InChI is InChI=1S/C31H45FN4O4/c1-23(2)22-39-28-12-8-24(9-13-28)20-34-29(37)36(21-25-6-10-26(32)11-7-25)27-14-17-35(18-15-27)19-16-33-30(38)40-31(3,4)5/h6-13,23,27H,14-22H2,1-5H3,(H,33,38)(H,34,37). The van der Waals surface area contributed by atoms with E-state index in [-0.39, 0.29) is 17.9 Å². The zero-order valence-corrected chi connectivity index (χ0v) is 24.5. The van der Waals surface area contributed by atoms with E-state index in [4.69, 9.17) is 9.47 Å². The number of urea groups is 1. The van der Waals surface area contributed by atoms with E-state index in [1.54, 1.807) is 12.1 Å². The van der Waals surface area contributed by atoms with Crippen molar-refractivity contribution < 1.29 is 23.5 Å². The van der Waals surface area contributed by atoms with Crippen LogP contribution in [-0.4, -0.2) is 66.4 Å². The third-order valence-electron chi connectivity index (χ3n) is 6.57. The molecular formula is C31H45FN4O4. The van der Waals surface area contributed by atoms with E-state index >= 15 is 0 Å². The van der Waals surface area contributed by atoms with Gasteiger partial charge in [-0.3, -0.25) is 0 Å². The van der Waals surface area contributed by atoms with E-state index in [0.717, 1.165) is 42.8 Å². The van der Waals surface area contributed by atoms with Crippen LogP contribution in [-0.2, 0) is 17.8 Å². The average molecular weight is 557 g/mol. The van der Waals surface area contributed by atoms with E-state index in [1.165, 1.54) is 12.1 Å². The normalized spacial score (nSPS) is 14.6. The van der Waals surface area contributed by atoms with Crippen molar-refractivity contribution in [2.45, 2.75) is 72.2 Å². The molecule has 0 radical (unpaired) electrons. The lowest BCUT2D eigenvalue weighted by atomic mass is 10.0. The average Bonchev–Trinajstić information content (AvgIpc) is 2.90. The van der Waals surface area contributed by atoms with Gasteiger partial charge in [0, 0.05) is 45.3 Å². The number of ether oxygens (including phenoxy) is 2. The Morgan fingerprint density at radius 1 is 1.00 bits per heavy atom. The maximum Gasteiger partial charge on any atom is 0.407 e. The van der Waals surface area contributed by atoms with Crippen LogP contribution in [0.2, 0.25) is 0 Å². The second kappa shape index (κ2) is 14.9. The molecule has 0 aliphatic carbocycles. The van der Waals surface area contributed by atoms with Gasteiger partial charge in [0.1, 0.15) is 17.2 Å². The molecule has 40 heavy (non-hydrogen) atoms. The van der Waals surface area contributed by atoms with Crippen molar-refractivity contribution >= 4 is 12.1 Å².